The zero-order chi connectivity index (χ0) is 22.5. The van der Waals surface area contributed by atoms with Gasteiger partial charge in [0.2, 0.25) is 0 Å². The van der Waals surface area contributed by atoms with Crippen molar-refractivity contribution in [2.45, 2.75) is 13.0 Å². The molecule has 164 valence electrons. The van der Waals surface area contributed by atoms with E-state index >= 15 is 0 Å². The summed E-state index contributed by atoms with van der Waals surface area (Å²) in [6.45, 7) is 1.80. The number of hydrogen-bond donors (Lipinski definition) is 3. The average molecular weight is 444 g/mol. The molecule has 1 heterocycles. The number of carbonyl (C=O) groups excluding carboxylic acids is 1. The largest absolute Gasteiger partial charge is 0.496 e. The van der Waals surface area contributed by atoms with E-state index in [0.717, 1.165) is 0 Å². The first-order valence-electron chi connectivity index (χ1n) is 9.46. The number of benzene rings is 2. The molecule has 0 saturated carbocycles. The SMILES string of the molecule is COc1ccccc1NC(=O)C1=C(C)NC(=S)NC1c1cc(OC)c(OC)cc1OC. The van der Waals surface area contributed by atoms with E-state index in [1.165, 1.54) is 0 Å². The summed E-state index contributed by atoms with van der Waals surface area (Å²) in [5, 5.41) is 9.51. The van der Waals surface area contributed by atoms with Crippen LogP contribution in [-0.4, -0.2) is 39.5 Å². The van der Waals surface area contributed by atoms with Crippen LogP contribution in [0, 0.1) is 0 Å². The molecule has 31 heavy (non-hydrogen) atoms. The Morgan fingerprint density at radius 2 is 1.55 bits per heavy atom. The lowest BCUT2D eigenvalue weighted by atomic mass is 9.93. The van der Waals surface area contributed by atoms with Crippen LogP contribution >= 0.6 is 12.2 Å². The molecule has 1 amide bonds. The number of thiocarbonyl (C=S) groups is 1. The summed E-state index contributed by atoms with van der Waals surface area (Å²) < 4.78 is 21.8. The molecule has 1 aliphatic rings. The number of anilines is 1. The van der Waals surface area contributed by atoms with Gasteiger partial charge in [0, 0.05) is 17.3 Å². The Kier molecular flexibility index (Phi) is 6.86. The lowest BCUT2D eigenvalue weighted by Gasteiger charge is -2.31. The highest BCUT2D eigenvalue weighted by Gasteiger charge is 2.33. The van der Waals surface area contributed by atoms with Crippen LogP contribution in [0.2, 0.25) is 0 Å². The minimum absolute atomic E-state index is 0.314. The van der Waals surface area contributed by atoms with Gasteiger partial charge in [0.25, 0.3) is 5.91 Å². The second-order valence-electron chi connectivity index (χ2n) is 6.67. The van der Waals surface area contributed by atoms with Crippen LogP contribution in [-0.2, 0) is 4.79 Å². The Morgan fingerprint density at radius 3 is 2.19 bits per heavy atom. The number of para-hydroxylation sites is 2. The number of methoxy groups -OCH3 is 4. The maximum absolute atomic E-state index is 13.4. The van der Waals surface area contributed by atoms with E-state index in [0.29, 0.717) is 50.6 Å². The van der Waals surface area contributed by atoms with E-state index in [2.05, 4.69) is 16.0 Å². The highest BCUT2D eigenvalue weighted by Crippen LogP contribution is 2.41. The Labute approximate surface area is 186 Å². The number of rotatable bonds is 7. The highest BCUT2D eigenvalue weighted by atomic mass is 32.1. The van der Waals surface area contributed by atoms with Gasteiger partial charge in [-0.3, -0.25) is 4.79 Å². The number of ether oxygens (including phenoxy) is 4. The minimum atomic E-state index is -0.585. The molecular formula is C22H25N3O5S. The van der Waals surface area contributed by atoms with E-state index < -0.39 is 6.04 Å². The molecule has 1 aliphatic heterocycles. The van der Waals surface area contributed by atoms with Crippen molar-refractivity contribution in [1.82, 2.24) is 10.6 Å². The molecule has 0 fully saturated rings. The average Bonchev–Trinajstić information content (AvgIpc) is 2.77. The molecule has 2 aromatic rings. The lowest BCUT2D eigenvalue weighted by molar-refractivity contribution is -0.113. The lowest BCUT2D eigenvalue weighted by Crippen LogP contribution is -2.45. The summed E-state index contributed by atoms with van der Waals surface area (Å²) in [5.74, 6) is 1.79. The fraction of sp³-hybridized carbons (Fsp3) is 0.273. The van der Waals surface area contributed by atoms with Gasteiger partial charge in [0.1, 0.15) is 11.5 Å². The quantitative estimate of drug-likeness (QED) is 0.563. The minimum Gasteiger partial charge on any atom is -0.496 e. The first-order valence-corrected chi connectivity index (χ1v) is 9.86. The Balaban J connectivity index is 2.07. The molecule has 3 rings (SSSR count). The third kappa shape index (κ3) is 4.51. The van der Waals surface area contributed by atoms with Crippen LogP contribution in [0.5, 0.6) is 23.0 Å². The summed E-state index contributed by atoms with van der Waals surface area (Å²) in [6, 6.07) is 10.1. The van der Waals surface area contributed by atoms with Gasteiger partial charge in [0.15, 0.2) is 16.6 Å². The van der Waals surface area contributed by atoms with E-state index in [1.807, 2.05) is 12.1 Å². The predicted molar refractivity (Wildman–Crippen MR) is 122 cm³/mol. The maximum atomic E-state index is 13.4. The van der Waals surface area contributed by atoms with Gasteiger partial charge in [0.05, 0.1) is 45.7 Å². The maximum Gasteiger partial charge on any atom is 0.255 e. The van der Waals surface area contributed by atoms with Gasteiger partial charge in [-0.05, 0) is 37.3 Å². The van der Waals surface area contributed by atoms with Crippen molar-refractivity contribution in [3.05, 3.63) is 53.2 Å². The van der Waals surface area contributed by atoms with E-state index in [1.54, 1.807) is 59.6 Å². The Morgan fingerprint density at radius 1 is 0.935 bits per heavy atom. The first-order chi connectivity index (χ1) is 14.9. The summed E-state index contributed by atoms with van der Waals surface area (Å²) in [4.78, 5) is 13.4. The molecule has 0 radical (unpaired) electrons. The fourth-order valence-electron chi connectivity index (χ4n) is 3.44. The van der Waals surface area contributed by atoms with Crippen LogP contribution in [0.25, 0.3) is 0 Å². The smallest absolute Gasteiger partial charge is 0.255 e. The number of amides is 1. The van der Waals surface area contributed by atoms with E-state index in [-0.39, 0.29) is 5.91 Å². The molecule has 0 saturated heterocycles. The van der Waals surface area contributed by atoms with Gasteiger partial charge in [-0.15, -0.1) is 0 Å². The fourth-order valence-corrected chi connectivity index (χ4v) is 3.72. The van der Waals surface area contributed by atoms with Crippen molar-refractivity contribution in [3.63, 3.8) is 0 Å². The van der Waals surface area contributed by atoms with E-state index in [9.17, 15) is 4.79 Å². The zero-order valence-corrected chi connectivity index (χ0v) is 18.8. The Bertz CT molecular complexity index is 1040. The molecule has 0 aliphatic carbocycles. The van der Waals surface area contributed by atoms with Crippen molar-refractivity contribution in [2.24, 2.45) is 0 Å². The van der Waals surface area contributed by atoms with Crippen molar-refractivity contribution in [1.29, 1.82) is 0 Å². The van der Waals surface area contributed by atoms with Crippen molar-refractivity contribution in [2.75, 3.05) is 33.8 Å². The van der Waals surface area contributed by atoms with Gasteiger partial charge >= 0.3 is 0 Å². The van der Waals surface area contributed by atoms with Crippen molar-refractivity contribution < 1.29 is 23.7 Å². The van der Waals surface area contributed by atoms with Crippen LogP contribution in [0.3, 0.4) is 0 Å². The van der Waals surface area contributed by atoms with Gasteiger partial charge in [-0.25, -0.2) is 0 Å². The second kappa shape index (κ2) is 9.57. The monoisotopic (exact) mass is 443 g/mol. The third-order valence-electron chi connectivity index (χ3n) is 4.92. The number of hydrogen-bond acceptors (Lipinski definition) is 6. The molecule has 1 unspecified atom stereocenters. The van der Waals surface area contributed by atoms with E-state index in [4.69, 9.17) is 31.2 Å². The number of carbonyl (C=O) groups is 1. The summed E-state index contributed by atoms with van der Waals surface area (Å²) in [5.41, 5.74) is 2.30. The molecule has 3 N–H and O–H groups in total. The third-order valence-corrected chi connectivity index (χ3v) is 5.14. The standard InChI is InChI=1S/C22H25N3O5S/c1-12-19(21(26)24-14-8-6-7-9-15(14)27-2)20(25-22(31)23-12)13-10-17(29-4)18(30-5)11-16(13)28-3/h6-11,20H,1-5H3,(H,24,26)(H2,23,25,31). The molecule has 0 spiro atoms. The molecule has 0 bridgehead atoms. The molecule has 8 nitrogen and oxygen atoms in total. The van der Waals surface area contributed by atoms with Gasteiger partial charge < -0.3 is 34.9 Å². The topological polar surface area (TPSA) is 90.1 Å². The molecule has 0 aromatic heterocycles. The highest BCUT2D eigenvalue weighted by molar-refractivity contribution is 7.80. The normalized spacial score (nSPS) is 15.5. The van der Waals surface area contributed by atoms with Crippen LogP contribution in [0.1, 0.15) is 18.5 Å². The van der Waals surface area contributed by atoms with Crippen molar-refractivity contribution in [3.8, 4) is 23.0 Å². The number of allylic oxidation sites excluding steroid dienone is 1. The van der Waals surface area contributed by atoms with Crippen LogP contribution in [0.15, 0.2) is 47.7 Å². The first kappa shape index (κ1) is 22.2. The zero-order valence-electron chi connectivity index (χ0n) is 18.0. The van der Waals surface area contributed by atoms with Crippen LogP contribution in [0.4, 0.5) is 5.69 Å². The van der Waals surface area contributed by atoms with Gasteiger partial charge in [-0.2, -0.15) is 0 Å². The summed E-state index contributed by atoms with van der Waals surface area (Å²) >= 11 is 5.35. The molecule has 9 heteroatoms. The van der Waals surface area contributed by atoms with Crippen LogP contribution < -0.4 is 34.9 Å². The van der Waals surface area contributed by atoms with Crippen molar-refractivity contribution >= 4 is 28.9 Å². The summed E-state index contributed by atoms with van der Waals surface area (Å²) in [7, 11) is 6.19. The molecule has 2 aromatic carbocycles. The predicted octanol–water partition coefficient (Wildman–Crippen LogP) is 3.15. The number of nitrogens with one attached hydrogen (secondary N) is 3. The molecule has 1 atom stereocenters. The molecular weight excluding hydrogens is 418 g/mol. The Hall–Kier alpha value is -3.46. The second-order valence-corrected chi connectivity index (χ2v) is 7.08. The van der Waals surface area contributed by atoms with Gasteiger partial charge in [-0.1, -0.05) is 12.1 Å². The summed E-state index contributed by atoms with van der Waals surface area (Å²) in [6.07, 6.45) is 0.